The Morgan fingerprint density at radius 1 is 1.39 bits per heavy atom. The van der Waals surface area contributed by atoms with Crippen LogP contribution in [0.2, 0.25) is 0 Å². The SMILES string of the molecule is CCOc1ccc(C(NC)C2CCCC2)c(Br)c1. The number of halogens is 1. The maximum Gasteiger partial charge on any atom is 0.120 e. The predicted molar refractivity (Wildman–Crippen MR) is 79.1 cm³/mol. The van der Waals surface area contributed by atoms with Crippen molar-refractivity contribution in [1.29, 1.82) is 0 Å². The molecular weight excluding hydrogens is 290 g/mol. The maximum atomic E-state index is 5.53. The van der Waals surface area contributed by atoms with E-state index in [0.29, 0.717) is 12.6 Å². The molecule has 1 unspecified atom stereocenters. The van der Waals surface area contributed by atoms with Gasteiger partial charge in [0.15, 0.2) is 0 Å². The van der Waals surface area contributed by atoms with Crippen molar-refractivity contribution in [2.75, 3.05) is 13.7 Å². The van der Waals surface area contributed by atoms with Gasteiger partial charge in [0, 0.05) is 10.5 Å². The topological polar surface area (TPSA) is 21.3 Å². The molecule has 1 saturated carbocycles. The van der Waals surface area contributed by atoms with Gasteiger partial charge < -0.3 is 10.1 Å². The molecule has 1 aromatic carbocycles. The van der Waals surface area contributed by atoms with Gasteiger partial charge in [0.1, 0.15) is 5.75 Å². The van der Waals surface area contributed by atoms with Gasteiger partial charge in [0.2, 0.25) is 0 Å². The molecule has 1 N–H and O–H groups in total. The monoisotopic (exact) mass is 311 g/mol. The minimum atomic E-state index is 0.456. The van der Waals surface area contributed by atoms with Crippen molar-refractivity contribution in [2.45, 2.75) is 38.6 Å². The first-order valence-corrected chi connectivity index (χ1v) is 7.65. The third-order valence-electron chi connectivity index (χ3n) is 3.80. The van der Waals surface area contributed by atoms with E-state index >= 15 is 0 Å². The highest BCUT2D eigenvalue weighted by Gasteiger charge is 2.26. The molecule has 0 bridgehead atoms. The van der Waals surface area contributed by atoms with Crippen LogP contribution in [0.15, 0.2) is 22.7 Å². The molecule has 2 nitrogen and oxygen atoms in total. The summed E-state index contributed by atoms with van der Waals surface area (Å²) in [5.74, 6) is 1.71. The van der Waals surface area contributed by atoms with Gasteiger partial charge in [-0.25, -0.2) is 0 Å². The molecule has 2 rings (SSSR count). The summed E-state index contributed by atoms with van der Waals surface area (Å²) in [6.45, 7) is 2.72. The lowest BCUT2D eigenvalue weighted by Gasteiger charge is -2.24. The van der Waals surface area contributed by atoms with Gasteiger partial charge in [0.25, 0.3) is 0 Å². The number of ether oxygens (including phenoxy) is 1. The molecule has 0 spiro atoms. The van der Waals surface area contributed by atoms with E-state index in [1.807, 2.05) is 6.92 Å². The van der Waals surface area contributed by atoms with Gasteiger partial charge >= 0.3 is 0 Å². The summed E-state index contributed by atoms with van der Waals surface area (Å²) in [6, 6.07) is 6.80. The van der Waals surface area contributed by atoms with Crippen LogP contribution in [-0.2, 0) is 0 Å². The molecule has 1 fully saturated rings. The van der Waals surface area contributed by atoms with E-state index < -0.39 is 0 Å². The largest absolute Gasteiger partial charge is 0.494 e. The van der Waals surface area contributed by atoms with Crippen LogP contribution in [0, 0.1) is 5.92 Å². The summed E-state index contributed by atoms with van der Waals surface area (Å²) < 4.78 is 6.68. The minimum Gasteiger partial charge on any atom is -0.494 e. The molecule has 0 radical (unpaired) electrons. The highest BCUT2D eigenvalue weighted by atomic mass is 79.9. The van der Waals surface area contributed by atoms with Crippen molar-refractivity contribution in [3.63, 3.8) is 0 Å². The van der Waals surface area contributed by atoms with Crippen LogP contribution >= 0.6 is 15.9 Å². The predicted octanol–water partition coefficient (Wildman–Crippen LogP) is 4.30. The molecule has 3 heteroatoms. The van der Waals surface area contributed by atoms with Crippen LogP contribution in [0.1, 0.15) is 44.2 Å². The smallest absolute Gasteiger partial charge is 0.120 e. The molecule has 0 amide bonds. The zero-order valence-electron chi connectivity index (χ0n) is 11.2. The Morgan fingerprint density at radius 2 is 2.11 bits per heavy atom. The number of nitrogens with one attached hydrogen (secondary N) is 1. The second-order valence-electron chi connectivity index (χ2n) is 4.93. The summed E-state index contributed by atoms with van der Waals surface area (Å²) >= 11 is 3.69. The summed E-state index contributed by atoms with van der Waals surface area (Å²) in [4.78, 5) is 0. The van der Waals surface area contributed by atoms with E-state index in [0.717, 1.165) is 16.1 Å². The summed E-state index contributed by atoms with van der Waals surface area (Å²) in [7, 11) is 2.06. The minimum absolute atomic E-state index is 0.456. The first-order valence-electron chi connectivity index (χ1n) is 6.85. The molecule has 1 aromatic rings. The van der Waals surface area contributed by atoms with Gasteiger partial charge in [-0.1, -0.05) is 34.8 Å². The average Bonchev–Trinajstić information content (AvgIpc) is 2.87. The van der Waals surface area contributed by atoms with Gasteiger partial charge in [-0.3, -0.25) is 0 Å². The van der Waals surface area contributed by atoms with Crippen molar-refractivity contribution < 1.29 is 4.74 Å². The average molecular weight is 312 g/mol. The maximum absolute atomic E-state index is 5.53. The van der Waals surface area contributed by atoms with Gasteiger partial charge in [-0.2, -0.15) is 0 Å². The van der Waals surface area contributed by atoms with Crippen LogP contribution in [0.3, 0.4) is 0 Å². The van der Waals surface area contributed by atoms with Crippen molar-refractivity contribution in [3.05, 3.63) is 28.2 Å². The van der Waals surface area contributed by atoms with Crippen LogP contribution in [0.25, 0.3) is 0 Å². The number of hydrogen-bond acceptors (Lipinski definition) is 2. The van der Waals surface area contributed by atoms with Gasteiger partial charge in [-0.05, 0) is 50.4 Å². The Kier molecular flexibility index (Phi) is 5.07. The van der Waals surface area contributed by atoms with E-state index in [-0.39, 0.29) is 0 Å². The highest BCUT2D eigenvalue weighted by Crippen LogP contribution is 2.38. The summed E-state index contributed by atoms with van der Waals surface area (Å²) in [6.07, 6.45) is 5.42. The number of hydrogen-bond donors (Lipinski definition) is 1. The molecule has 1 atom stereocenters. The Labute approximate surface area is 118 Å². The zero-order valence-corrected chi connectivity index (χ0v) is 12.8. The Hall–Kier alpha value is -0.540. The van der Waals surface area contributed by atoms with Gasteiger partial charge in [-0.15, -0.1) is 0 Å². The Balaban J connectivity index is 2.19. The van der Waals surface area contributed by atoms with Crippen LogP contribution in [0.4, 0.5) is 0 Å². The third-order valence-corrected chi connectivity index (χ3v) is 4.49. The van der Waals surface area contributed by atoms with Crippen molar-refractivity contribution in [1.82, 2.24) is 5.32 Å². The zero-order chi connectivity index (χ0) is 13.0. The molecule has 1 aliphatic carbocycles. The number of benzene rings is 1. The van der Waals surface area contributed by atoms with Crippen LogP contribution < -0.4 is 10.1 Å². The fourth-order valence-corrected chi connectivity index (χ4v) is 3.56. The van der Waals surface area contributed by atoms with Crippen molar-refractivity contribution in [2.24, 2.45) is 5.92 Å². The Morgan fingerprint density at radius 3 is 2.67 bits per heavy atom. The third kappa shape index (κ3) is 3.07. The molecule has 0 aliphatic heterocycles. The lowest BCUT2D eigenvalue weighted by Crippen LogP contribution is -2.23. The molecule has 1 aliphatic rings. The normalized spacial score (nSPS) is 17.9. The van der Waals surface area contributed by atoms with Crippen molar-refractivity contribution >= 4 is 15.9 Å². The summed E-state index contributed by atoms with van der Waals surface area (Å²) in [5.41, 5.74) is 1.35. The van der Waals surface area contributed by atoms with E-state index in [1.54, 1.807) is 0 Å². The van der Waals surface area contributed by atoms with E-state index in [1.165, 1.54) is 31.2 Å². The van der Waals surface area contributed by atoms with Gasteiger partial charge in [0.05, 0.1) is 6.61 Å². The van der Waals surface area contributed by atoms with E-state index in [4.69, 9.17) is 4.74 Å². The Bertz CT molecular complexity index is 388. The molecule has 0 saturated heterocycles. The van der Waals surface area contributed by atoms with E-state index in [9.17, 15) is 0 Å². The highest BCUT2D eigenvalue weighted by molar-refractivity contribution is 9.10. The van der Waals surface area contributed by atoms with Crippen LogP contribution in [-0.4, -0.2) is 13.7 Å². The lowest BCUT2D eigenvalue weighted by atomic mass is 9.92. The van der Waals surface area contributed by atoms with Crippen LogP contribution in [0.5, 0.6) is 5.75 Å². The molecule has 0 aromatic heterocycles. The quantitative estimate of drug-likeness (QED) is 0.875. The molecular formula is C15H22BrNO. The molecule has 100 valence electrons. The summed E-state index contributed by atoms with van der Waals surface area (Å²) in [5, 5.41) is 3.48. The fourth-order valence-electron chi connectivity index (χ4n) is 2.95. The van der Waals surface area contributed by atoms with Crippen molar-refractivity contribution in [3.8, 4) is 5.75 Å². The first-order chi connectivity index (χ1) is 8.76. The second-order valence-corrected chi connectivity index (χ2v) is 5.78. The number of rotatable bonds is 5. The standard InChI is InChI=1S/C15H22BrNO/c1-3-18-12-8-9-13(14(16)10-12)15(17-2)11-6-4-5-7-11/h8-11,15,17H,3-7H2,1-2H3. The second kappa shape index (κ2) is 6.58. The molecule has 18 heavy (non-hydrogen) atoms. The molecule has 0 heterocycles. The van der Waals surface area contributed by atoms with E-state index in [2.05, 4.69) is 46.5 Å². The fraction of sp³-hybridized carbons (Fsp3) is 0.600. The first kappa shape index (κ1) is 13.9. The lowest BCUT2D eigenvalue weighted by molar-refractivity contribution is 0.339.